The second-order valence-electron chi connectivity index (χ2n) is 9.46. The van der Waals surface area contributed by atoms with Crippen LogP contribution in [0.3, 0.4) is 0 Å². The Morgan fingerprint density at radius 2 is 2.19 bits per heavy atom. The van der Waals surface area contributed by atoms with Gasteiger partial charge in [0, 0.05) is 36.3 Å². The molecule has 0 radical (unpaired) electrons. The topological polar surface area (TPSA) is 134 Å². The zero-order valence-electron chi connectivity index (χ0n) is 20.1. The largest absolute Gasteiger partial charge is 0.396 e. The molecular weight excluding hydrogens is 480 g/mol. The molecule has 11 heteroatoms. The summed E-state index contributed by atoms with van der Waals surface area (Å²) < 4.78 is 2.31. The maximum Gasteiger partial charge on any atom is 0.270 e. The Balaban J connectivity index is 1.45. The van der Waals surface area contributed by atoms with Gasteiger partial charge < -0.3 is 15.0 Å². The molecule has 1 amide bonds. The summed E-state index contributed by atoms with van der Waals surface area (Å²) in [5.74, 6) is 1.63. The molecule has 4 aromatic rings. The first-order valence-corrected chi connectivity index (χ1v) is 12.7. The highest BCUT2D eigenvalue weighted by Gasteiger charge is 2.29. The summed E-state index contributed by atoms with van der Waals surface area (Å²) in [6.07, 6.45) is 9.86. The van der Waals surface area contributed by atoms with E-state index in [9.17, 15) is 9.90 Å². The van der Waals surface area contributed by atoms with Crippen LogP contribution in [0.4, 0.5) is 0 Å². The van der Waals surface area contributed by atoms with Gasteiger partial charge in [-0.05, 0) is 56.2 Å². The lowest BCUT2D eigenvalue weighted by molar-refractivity contribution is 0.0915. The number of aliphatic hydroxyl groups excluding tert-OH is 1. The fraction of sp³-hybridized carbons (Fsp3) is 0.440. The Morgan fingerprint density at radius 1 is 1.31 bits per heavy atom. The number of pyridine rings is 2. The van der Waals surface area contributed by atoms with Crippen molar-refractivity contribution >= 4 is 28.5 Å². The summed E-state index contributed by atoms with van der Waals surface area (Å²) in [4.78, 5) is 30.7. The van der Waals surface area contributed by atoms with Crippen molar-refractivity contribution in [1.82, 2.24) is 40.0 Å². The second kappa shape index (κ2) is 10.7. The lowest BCUT2D eigenvalue weighted by Gasteiger charge is -2.32. The number of nitrogens with zero attached hydrogens (tertiary/aromatic N) is 6. The summed E-state index contributed by atoms with van der Waals surface area (Å²) in [5, 5.41) is 19.9. The molecule has 36 heavy (non-hydrogen) atoms. The standard InChI is InChI=1S/C25H29ClN8O2/c1-15(6-8-35)9-23-32-21-13-28-19(24-29-14-30-33-24)12-22(21)34(23)18-4-2-3-17(11-18)31-25(36)20-10-16(26)5-7-27-20/h5,7,10,12-15,17-18,35H,2-4,6,8-9,11H2,1H3,(H,31,36)(H,29,30,33)/t15?,17-,18+/m0/s1. The number of imidazole rings is 1. The molecular formula is C25H29ClN8O2. The van der Waals surface area contributed by atoms with Gasteiger partial charge in [-0.3, -0.25) is 19.9 Å². The van der Waals surface area contributed by atoms with E-state index in [2.05, 4.69) is 42.0 Å². The summed E-state index contributed by atoms with van der Waals surface area (Å²) in [7, 11) is 0. The van der Waals surface area contributed by atoms with Gasteiger partial charge in [0.25, 0.3) is 5.91 Å². The van der Waals surface area contributed by atoms with Crippen LogP contribution < -0.4 is 5.32 Å². The van der Waals surface area contributed by atoms with E-state index in [1.165, 1.54) is 6.33 Å². The molecule has 3 N–H and O–H groups in total. The van der Waals surface area contributed by atoms with E-state index in [1.807, 2.05) is 6.07 Å². The molecule has 10 nitrogen and oxygen atoms in total. The smallest absolute Gasteiger partial charge is 0.270 e. The SMILES string of the molecule is CC(CCO)Cc1nc2cnc(-c3ncn[nH]3)cc2n1[C@@H]1CCC[C@H](NC(=O)c2cc(Cl)ccn2)C1. The predicted octanol–water partition coefficient (Wildman–Crippen LogP) is 3.74. The molecule has 0 spiro atoms. The quantitative estimate of drug-likeness (QED) is 0.330. The van der Waals surface area contributed by atoms with Crippen molar-refractivity contribution in [2.75, 3.05) is 6.61 Å². The van der Waals surface area contributed by atoms with E-state index >= 15 is 0 Å². The third-order valence-corrected chi connectivity index (χ3v) is 7.00. The summed E-state index contributed by atoms with van der Waals surface area (Å²) in [5.41, 5.74) is 2.82. The highest BCUT2D eigenvalue weighted by atomic mass is 35.5. The number of halogens is 1. The van der Waals surface area contributed by atoms with E-state index in [1.54, 1.807) is 24.5 Å². The van der Waals surface area contributed by atoms with Crippen LogP contribution in [-0.2, 0) is 6.42 Å². The van der Waals surface area contributed by atoms with Crippen LogP contribution in [0.5, 0.6) is 0 Å². The molecule has 1 aliphatic carbocycles. The van der Waals surface area contributed by atoms with Crippen LogP contribution in [0.25, 0.3) is 22.6 Å². The fourth-order valence-corrected chi connectivity index (χ4v) is 5.17. The lowest BCUT2D eigenvalue weighted by atomic mass is 9.90. The Bertz CT molecular complexity index is 1340. The normalized spacial score (nSPS) is 18.9. The van der Waals surface area contributed by atoms with Crippen LogP contribution in [0.2, 0.25) is 5.02 Å². The zero-order chi connectivity index (χ0) is 25.1. The predicted molar refractivity (Wildman–Crippen MR) is 135 cm³/mol. The van der Waals surface area contributed by atoms with Crippen LogP contribution >= 0.6 is 11.6 Å². The van der Waals surface area contributed by atoms with E-state index in [-0.39, 0.29) is 30.5 Å². The molecule has 4 aromatic heterocycles. The number of rotatable bonds is 8. The van der Waals surface area contributed by atoms with Gasteiger partial charge in [0.15, 0.2) is 5.82 Å². The van der Waals surface area contributed by atoms with E-state index in [0.29, 0.717) is 28.7 Å². The number of fused-ring (bicyclic) bond motifs is 1. The van der Waals surface area contributed by atoms with Crippen molar-refractivity contribution in [1.29, 1.82) is 0 Å². The molecule has 188 valence electrons. The minimum atomic E-state index is -0.216. The number of carbonyl (C=O) groups excluding carboxylic acids is 1. The number of hydrogen-bond acceptors (Lipinski definition) is 7. The molecule has 4 heterocycles. The van der Waals surface area contributed by atoms with Gasteiger partial charge in [0.2, 0.25) is 0 Å². The highest BCUT2D eigenvalue weighted by molar-refractivity contribution is 6.30. The van der Waals surface area contributed by atoms with Crippen LogP contribution in [0.15, 0.2) is 36.9 Å². The number of aliphatic hydroxyl groups is 1. The third-order valence-electron chi connectivity index (χ3n) is 6.76. The molecule has 1 fully saturated rings. The van der Waals surface area contributed by atoms with Crippen molar-refractivity contribution in [3.8, 4) is 11.5 Å². The van der Waals surface area contributed by atoms with Crippen molar-refractivity contribution < 1.29 is 9.90 Å². The average Bonchev–Trinajstić information content (AvgIpc) is 3.52. The monoisotopic (exact) mass is 508 g/mol. The maximum absolute atomic E-state index is 12.8. The third kappa shape index (κ3) is 5.24. The molecule has 1 saturated carbocycles. The molecule has 0 saturated heterocycles. The minimum absolute atomic E-state index is 0.00720. The molecule has 0 aromatic carbocycles. The van der Waals surface area contributed by atoms with Crippen LogP contribution in [0.1, 0.15) is 61.4 Å². The Kier molecular flexibility index (Phi) is 7.24. The molecule has 1 aliphatic rings. The number of carbonyl (C=O) groups is 1. The minimum Gasteiger partial charge on any atom is -0.396 e. The average molecular weight is 509 g/mol. The first-order chi connectivity index (χ1) is 17.5. The van der Waals surface area contributed by atoms with E-state index in [4.69, 9.17) is 16.6 Å². The summed E-state index contributed by atoms with van der Waals surface area (Å²) >= 11 is 6.05. The van der Waals surface area contributed by atoms with Gasteiger partial charge >= 0.3 is 0 Å². The van der Waals surface area contributed by atoms with Gasteiger partial charge in [0.05, 0.1) is 11.7 Å². The van der Waals surface area contributed by atoms with Crippen molar-refractivity contribution in [3.63, 3.8) is 0 Å². The first-order valence-electron chi connectivity index (χ1n) is 12.3. The van der Waals surface area contributed by atoms with Crippen molar-refractivity contribution in [2.24, 2.45) is 5.92 Å². The molecule has 0 bridgehead atoms. The zero-order valence-corrected chi connectivity index (χ0v) is 20.8. The first kappa shape index (κ1) is 24.3. The van der Waals surface area contributed by atoms with Crippen molar-refractivity contribution in [2.45, 2.75) is 57.5 Å². The van der Waals surface area contributed by atoms with Crippen LogP contribution in [0, 0.1) is 5.92 Å². The second-order valence-corrected chi connectivity index (χ2v) is 9.90. The van der Waals surface area contributed by atoms with Gasteiger partial charge in [-0.2, -0.15) is 5.10 Å². The van der Waals surface area contributed by atoms with Gasteiger partial charge in [0.1, 0.15) is 29.1 Å². The molecule has 1 unspecified atom stereocenters. The number of H-pyrrole nitrogens is 1. The van der Waals surface area contributed by atoms with E-state index < -0.39 is 0 Å². The number of nitrogens with one attached hydrogen (secondary N) is 2. The Hall–Kier alpha value is -3.37. The fourth-order valence-electron chi connectivity index (χ4n) is 5.01. The number of hydrogen-bond donors (Lipinski definition) is 3. The van der Waals surface area contributed by atoms with Crippen LogP contribution in [-0.4, -0.2) is 58.4 Å². The summed E-state index contributed by atoms with van der Waals surface area (Å²) in [6, 6.07) is 5.40. The van der Waals surface area contributed by atoms with Gasteiger partial charge in [-0.15, -0.1) is 0 Å². The molecule has 5 rings (SSSR count). The highest BCUT2D eigenvalue weighted by Crippen LogP contribution is 2.34. The Labute approximate surface area is 213 Å². The maximum atomic E-state index is 12.8. The van der Waals surface area contributed by atoms with Crippen molar-refractivity contribution in [3.05, 3.63) is 53.5 Å². The molecule has 3 atom stereocenters. The lowest BCUT2D eigenvalue weighted by Crippen LogP contribution is -2.39. The van der Waals surface area contributed by atoms with Gasteiger partial charge in [-0.1, -0.05) is 18.5 Å². The number of amides is 1. The Morgan fingerprint density at radius 3 is 2.97 bits per heavy atom. The summed E-state index contributed by atoms with van der Waals surface area (Å²) in [6.45, 7) is 2.27. The van der Waals surface area contributed by atoms with E-state index in [0.717, 1.165) is 49.0 Å². The number of aromatic nitrogens is 7. The number of aromatic amines is 1. The molecule has 0 aliphatic heterocycles. The van der Waals surface area contributed by atoms with Gasteiger partial charge in [-0.25, -0.2) is 9.97 Å².